The molecule has 3 nitrogen and oxygen atoms in total. The fourth-order valence-electron chi connectivity index (χ4n) is 2.33. The number of carbonyl (C=O) groups is 2. The van der Waals surface area contributed by atoms with Gasteiger partial charge in [-0.1, -0.05) is 0 Å². The van der Waals surface area contributed by atoms with Crippen molar-refractivity contribution in [1.82, 2.24) is 4.90 Å². The number of hydrogen-bond acceptors (Lipinski definition) is 2. The fourth-order valence-corrected chi connectivity index (χ4v) is 3.04. The number of hydrogen-bond donors (Lipinski definition) is 0. The van der Waals surface area contributed by atoms with Gasteiger partial charge in [-0.3, -0.25) is 9.59 Å². The summed E-state index contributed by atoms with van der Waals surface area (Å²) in [6, 6.07) is 4.27. The van der Waals surface area contributed by atoms with Crippen LogP contribution >= 0.6 is 22.6 Å². The summed E-state index contributed by atoms with van der Waals surface area (Å²) in [6.07, 6.45) is 2.53. The van der Waals surface area contributed by atoms with E-state index in [4.69, 9.17) is 0 Å². The van der Waals surface area contributed by atoms with Crippen molar-refractivity contribution in [2.24, 2.45) is 0 Å². The zero-order valence-corrected chi connectivity index (χ0v) is 12.8. The first-order valence-corrected chi connectivity index (χ1v) is 7.31. The molecule has 0 N–H and O–H groups in total. The molecule has 1 fully saturated rings. The van der Waals surface area contributed by atoms with Gasteiger partial charge in [-0.15, -0.1) is 0 Å². The Morgan fingerprint density at radius 1 is 1.37 bits per heavy atom. The van der Waals surface area contributed by atoms with Crippen molar-refractivity contribution in [3.05, 3.63) is 33.1 Å². The van der Waals surface area contributed by atoms with Crippen LogP contribution < -0.4 is 0 Å². The minimum Gasteiger partial charge on any atom is -0.339 e. The lowest BCUT2D eigenvalue weighted by Crippen LogP contribution is -2.39. The molecule has 1 aliphatic rings. The van der Waals surface area contributed by atoms with Gasteiger partial charge in [0.05, 0.1) is 5.56 Å². The Kier molecular flexibility index (Phi) is 4.54. The van der Waals surface area contributed by atoms with Gasteiger partial charge in [-0.05, 0) is 53.6 Å². The molecule has 0 radical (unpaired) electrons. The first-order valence-electron chi connectivity index (χ1n) is 6.23. The highest BCUT2D eigenvalue weighted by atomic mass is 127. The second-order valence-corrected chi connectivity index (χ2v) is 5.97. The molecule has 0 aromatic heterocycles. The van der Waals surface area contributed by atoms with Crippen LogP contribution in [-0.4, -0.2) is 29.7 Å². The largest absolute Gasteiger partial charge is 0.339 e. The number of halogens is 2. The lowest BCUT2D eigenvalue weighted by molar-refractivity contribution is -0.121. The predicted molar refractivity (Wildman–Crippen MR) is 78.5 cm³/mol. The molecule has 0 unspecified atom stereocenters. The van der Waals surface area contributed by atoms with Gasteiger partial charge < -0.3 is 4.90 Å². The van der Waals surface area contributed by atoms with E-state index in [9.17, 15) is 14.0 Å². The Hall–Kier alpha value is -0.980. The number of ketones is 1. The topological polar surface area (TPSA) is 37.4 Å². The van der Waals surface area contributed by atoms with Crippen molar-refractivity contribution in [2.75, 3.05) is 7.05 Å². The third-order valence-corrected chi connectivity index (χ3v) is 4.43. The third-order valence-electron chi connectivity index (χ3n) is 3.54. The van der Waals surface area contributed by atoms with E-state index in [1.807, 2.05) is 22.6 Å². The summed E-state index contributed by atoms with van der Waals surface area (Å²) in [5.74, 6) is -0.177. The molecule has 0 heterocycles. The van der Waals surface area contributed by atoms with Crippen molar-refractivity contribution in [2.45, 2.75) is 31.7 Å². The van der Waals surface area contributed by atoms with Crippen LogP contribution in [0.5, 0.6) is 0 Å². The van der Waals surface area contributed by atoms with E-state index < -0.39 is 0 Å². The quantitative estimate of drug-likeness (QED) is 0.746. The average molecular weight is 375 g/mol. The second-order valence-electron chi connectivity index (χ2n) is 4.81. The number of nitrogens with zero attached hydrogens (tertiary/aromatic N) is 1. The lowest BCUT2D eigenvalue weighted by Gasteiger charge is -2.31. The Morgan fingerprint density at radius 2 is 2.00 bits per heavy atom. The van der Waals surface area contributed by atoms with Gasteiger partial charge in [0.2, 0.25) is 0 Å². The Balaban J connectivity index is 2.12. The highest BCUT2D eigenvalue weighted by Gasteiger charge is 2.26. The van der Waals surface area contributed by atoms with Crippen molar-refractivity contribution in [3.8, 4) is 0 Å². The van der Waals surface area contributed by atoms with E-state index in [1.54, 1.807) is 11.9 Å². The first-order chi connectivity index (χ1) is 8.99. The van der Waals surface area contributed by atoms with E-state index in [0.717, 1.165) is 12.8 Å². The molecule has 0 bridgehead atoms. The van der Waals surface area contributed by atoms with Gasteiger partial charge in [0, 0.05) is 29.5 Å². The molecule has 2 rings (SSSR count). The standard InChI is InChI=1S/C14H15FINO2/c1-17(10-3-5-11(18)6-4-10)14(19)12-7-2-9(15)8-13(12)16/h2,7-8,10H,3-6H2,1H3. The highest BCUT2D eigenvalue weighted by molar-refractivity contribution is 14.1. The number of carbonyl (C=O) groups excluding carboxylic acids is 2. The first kappa shape index (κ1) is 14.4. The van der Waals surface area contributed by atoms with E-state index in [2.05, 4.69) is 0 Å². The summed E-state index contributed by atoms with van der Waals surface area (Å²) in [5, 5.41) is 0. The lowest BCUT2D eigenvalue weighted by atomic mass is 9.93. The Morgan fingerprint density at radius 3 is 2.58 bits per heavy atom. The van der Waals surface area contributed by atoms with Crippen LogP contribution in [0.25, 0.3) is 0 Å². The number of Topliss-reactive ketones (excluding diaryl/α,β-unsaturated/α-hetero) is 1. The van der Waals surface area contributed by atoms with Gasteiger partial charge in [0.25, 0.3) is 5.91 Å². The zero-order valence-electron chi connectivity index (χ0n) is 10.7. The second kappa shape index (κ2) is 5.98. The van der Waals surface area contributed by atoms with Crippen molar-refractivity contribution in [3.63, 3.8) is 0 Å². The maximum Gasteiger partial charge on any atom is 0.254 e. The molecular weight excluding hydrogens is 360 g/mol. The third kappa shape index (κ3) is 3.32. The molecule has 1 saturated carbocycles. The van der Waals surface area contributed by atoms with Crippen LogP contribution in [0, 0.1) is 9.39 Å². The van der Waals surface area contributed by atoms with Crippen LogP contribution in [0.2, 0.25) is 0 Å². The summed E-state index contributed by atoms with van der Waals surface area (Å²) < 4.78 is 13.7. The smallest absolute Gasteiger partial charge is 0.254 e. The number of amides is 1. The van der Waals surface area contributed by atoms with Gasteiger partial charge in [0.15, 0.2) is 0 Å². The normalized spacial score (nSPS) is 16.5. The molecule has 1 aliphatic carbocycles. The minimum absolute atomic E-state index is 0.103. The molecule has 0 aliphatic heterocycles. The average Bonchev–Trinajstić information content (AvgIpc) is 2.38. The maximum absolute atomic E-state index is 13.0. The molecule has 0 atom stereocenters. The Bertz CT molecular complexity index is 508. The van der Waals surface area contributed by atoms with Crippen LogP contribution in [0.4, 0.5) is 4.39 Å². The SMILES string of the molecule is CN(C(=O)c1ccc(F)cc1I)C1CCC(=O)CC1. The maximum atomic E-state index is 13.0. The predicted octanol–water partition coefficient (Wildman–Crippen LogP) is 3.01. The van der Waals surface area contributed by atoms with Gasteiger partial charge >= 0.3 is 0 Å². The molecule has 5 heteroatoms. The van der Waals surface area contributed by atoms with Crippen molar-refractivity contribution in [1.29, 1.82) is 0 Å². The van der Waals surface area contributed by atoms with Crippen LogP contribution in [-0.2, 0) is 4.79 Å². The van der Waals surface area contributed by atoms with Crippen molar-refractivity contribution < 1.29 is 14.0 Å². The monoisotopic (exact) mass is 375 g/mol. The molecule has 1 amide bonds. The summed E-state index contributed by atoms with van der Waals surface area (Å²) in [6.45, 7) is 0. The molecule has 1 aromatic rings. The summed E-state index contributed by atoms with van der Waals surface area (Å²) in [4.78, 5) is 25.3. The van der Waals surface area contributed by atoms with Crippen LogP contribution in [0.3, 0.4) is 0 Å². The highest BCUT2D eigenvalue weighted by Crippen LogP contribution is 2.23. The van der Waals surface area contributed by atoms with E-state index in [1.165, 1.54) is 18.2 Å². The van der Waals surface area contributed by atoms with E-state index in [-0.39, 0.29) is 23.5 Å². The van der Waals surface area contributed by atoms with Gasteiger partial charge in [0.1, 0.15) is 11.6 Å². The molecular formula is C14H15FINO2. The van der Waals surface area contributed by atoms with Gasteiger partial charge in [-0.25, -0.2) is 4.39 Å². The van der Waals surface area contributed by atoms with Crippen molar-refractivity contribution >= 4 is 34.3 Å². The molecule has 0 spiro atoms. The fraction of sp³-hybridized carbons (Fsp3) is 0.429. The van der Waals surface area contributed by atoms with E-state index in [0.29, 0.717) is 22.0 Å². The van der Waals surface area contributed by atoms with Gasteiger partial charge in [-0.2, -0.15) is 0 Å². The van der Waals surface area contributed by atoms with Crippen LogP contribution in [0.1, 0.15) is 36.0 Å². The number of benzene rings is 1. The molecule has 102 valence electrons. The summed E-state index contributed by atoms with van der Waals surface area (Å²) >= 11 is 1.97. The molecule has 19 heavy (non-hydrogen) atoms. The summed E-state index contributed by atoms with van der Waals surface area (Å²) in [5.41, 5.74) is 0.515. The van der Waals surface area contributed by atoms with Crippen LogP contribution in [0.15, 0.2) is 18.2 Å². The molecule has 1 aromatic carbocycles. The number of rotatable bonds is 2. The van der Waals surface area contributed by atoms with E-state index >= 15 is 0 Å². The molecule has 0 saturated heterocycles. The zero-order chi connectivity index (χ0) is 14.0. The Labute approximate surface area is 125 Å². The summed E-state index contributed by atoms with van der Waals surface area (Å²) in [7, 11) is 1.75. The minimum atomic E-state index is -0.341.